The number of benzene rings is 2. The average Bonchev–Trinajstić information content (AvgIpc) is 2.96. The number of hydrogen-bond acceptors (Lipinski definition) is 3. The van der Waals surface area contributed by atoms with Crippen LogP contribution in [0.5, 0.6) is 0 Å². The van der Waals surface area contributed by atoms with Crippen LogP contribution in [0, 0.1) is 0 Å². The number of nitrogens with one attached hydrogen (secondary N) is 1. The van der Waals surface area contributed by atoms with Crippen molar-refractivity contribution in [3.8, 4) is 11.3 Å². The van der Waals surface area contributed by atoms with E-state index in [9.17, 15) is 0 Å². The normalized spacial score (nSPS) is 11.1. The molecule has 3 rings (SSSR count). The monoisotopic (exact) mass is 266 g/mol. The summed E-state index contributed by atoms with van der Waals surface area (Å²) in [6.07, 6.45) is 3.72. The van der Waals surface area contributed by atoms with Gasteiger partial charge in [0.2, 0.25) is 0 Å². The van der Waals surface area contributed by atoms with E-state index in [-0.39, 0.29) is 0 Å². The minimum absolute atomic E-state index is 0.809. The highest BCUT2D eigenvalue weighted by Crippen LogP contribution is 2.25. The Balaban J connectivity index is 1.83. The first kappa shape index (κ1) is 12.9. The minimum Gasteiger partial charge on any atom is -0.441 e. The highest BCUT2D eigenvalue weighted by molar-refractivity contribution is 5.86. The molecular weight excluding hydrogens is 248 g/mol. The maximum atomic E-state index is 5.83. The van der Waals surface area contributed by atoms with Crippen LogP contribution in [0.4, 0.5) is 0 Å². The number of aromatic nitrogens is 1. The van der Waals surface area contributed by atoms with Crippen molar-refractivity contribution in [3.63, 3.8) is 0 Å². The van der Waals surface area contributed by atoms with Crippen molar-refractivity contribution in [3.05, 3.63) is 54.6 Å². The van der Waals surface area contributed by atoms with Crippen molar-refractivity contribution in [2.45, 2.75) is 12.8 Å². The van der Waals surface area contributed by atoms with E-state index in [0.717, 1.165) is 36.6 Å². The molecule has 0 fully saturated rings. The lowest BCUT2D eigenvalue weighted by Gasteiger charge is -2.00. The number of hydrogen-bond donors (Lipinski definition) is 1. The lowest BCUT2D eigenvalue weighted by Crippen LogP contribution is -2.08. The van der Waals surface area contributed by atoms with E-state index in [1.165, 1.54) is 10.8 Å². The van der Waals surface area contributed by atoms with E-state index in [4.69, 9.17) is 4.42 Å². The van der Waals surface area contributed by atoms with Crippen LogP contribution in [0.2, 0.25) is 0 Å². The zero-order valence-corrected chi connectivity index (χ0v) is 11.6. The molecule has 0 aliphatic carbocycles. The minimum atomic E-state index is 0.809. The lowest BCUT2D eigenvalue weighted by atomic mass is 10.1. The first-order valence-electron chi connectivity index (χ1n) is 6.95. The van der Waals surface area contributed by atoms with E-state index in [1.807, 2.05) is 13.2 Å². The molecule has 0 amide bonds. The molecule has 0 bridgehead atoms. The molecule has 0 unspecified atom stereocenters. The second kappa shape index (κ2) is 5.88. The Morgan fingerprint density at radius 1 is 1.10 bits per heavy atom. The summed E-state index contributed by atoms with van der Waals surface area (Å²) in [5.74, 6) is 1.65. The van der Waals surface area contributed by atoms with Gasteiger partial charge in [-0.1, -0.05) is 36.4 Å². The molecule has 2 aromatic carbocycles. The van der Waals surface area contributed by atoms with E-state index in [2.05, 4.69) is 52.8 Å². The van der Waals surface area contributed by atoms with Crippen molar-refractivity contribution in [2.24, 2.45) is 0 Å². The van der Waals surface area contributed by atoms with Crippen LogP contribution in [0.1, 0.15) is 12.3 Å². The average molecular weight is 266 g/mol. The molecule has 0 atom stereocenters. The van der Waals surface area contributed by atoms with Crippen molar-refractivity contribution in [1.29, 1.82) is 0 Å². The van der Waals surface area contributed by atoms with Gasteiger partial charge in [0.1, 0.15) is 0 Å². The fraction of sp³-hybridized carbons (Fsp3) is 0.235. The molecule has 0 aliphatic heterocycles. The Morgan fingerprint density at radius 2 is 1.95 bits per heavy atom. The summed E-state index contributed by atoms with van der Waals surface area (Å²) >= 11 is 0. The molecule has 1 aromatic heterocycles. The van der Waals surface area contributed by atoms with Gasteiger partial charge in [0.05, 0.1) is 6.20 Å². The molecule has 0 saturated carbocycles. The maximum Gasteiger partial charge on any atom is 0.194 e. The van der Waals surface area contributed by atoms with Crippen molar-refractivity contribution in [2.75, 3.05) is 13.6 Å². The van der Waals surface area contributed by atoms with Crippen LogP contribution in [0.25, 0.3) is 22.1 Å². The van der Waals surface area contributed by atoms with Crippen molar-refractivity contribution in [1.82, 2.24) is 10.3 Å². The van der Waals surface area contributed by atoms with Crippen molar-refractivity contribution < 1.29 is 4.42 Å². The molecule has 3 nitrogen and oxygen atoms in total. The van der Waals surface area contributed by atoms with Gasteiger partial charge < -0.3 is 9.73 Å². The molecule has 0 radical (unpaired) electrons. The number of oxazole rings is 1. The molecule has 0 saturated heterocycles. The molecule has 0 aliphatic rings. The maximum absolute atomic E-state index is 5.83. The van der Waals surface area contributed by atoms with Crippen LogP contribution in [-0.2, 0) is 6.42 Å². The highest BCUT2D eigenvalue weighted by Gasteiger charge is 2.06. The van der Waals surface area contributed by atoms with Crippen LogP contribution in [-0.4, -0.2) is 18.6 Å². The van der Waals surface area contributed by atoms with Crippen LogP contribution in [0.15, 0.2) is 53.1 Å². The van der Waals surface area contributed by atoms with Gasteiger partial charge in [-0.05, 0) is 36.9 Å². The van der Waals surface area contributed by atoms with Crippen LogP contribution in [0.3, 0.4) is 0 Å². The fourth-order valence-electron chi connectivity index (χ4n) is 2.32. The second-order valence-electron chi connectivity index (χ2n) is 4.89. The Kier molecular flexibility index (Phi) is 3.79. The predicted molar refractivity (Wildman–Crippen MR) is 81.7 cm³/mol. The lowest BCUT2D eigenvalue weighted by molar-refractivity contribution is 0.495. The summed E-state index contributed by atoms with van der Waals surface area (Å²) in [6.45, 7) is 0.980. The first-order chi connectivity index (χ1) is 9.86. The number of aryl methyl sites for hydroxylation is 1. The molecular formula is C17H18N2O. The van der Waals surface area contributed by atoms with E-state index >= 15 is 0 Å². The topological polar surface area (TPSA) is 38.1 Å². The van der Waals surface area contributed by atoms with Gasteiger partial charge >= 0.3 is 0 Å². The molecule has 0 spiro atoms. The molecule has 3 aromatic rings. The number of nitrogens with zero attached hydrogens (tertiary/aromatic N) is 1. The largest absolute Gasteiger partial charge is 0.441 e. The molecule has 3 heteroatoms. The second-order valence-corrected chi connectivity index (χ2v) is 4.89. The summed E-state index contributed by atoms with van der Waals surface area (Å²) in [7, 11) is 1.95. The third-order valence-corrected chi connectivity index (χ3v) is 3.40. The number of fused-ring (bicyclic) bond motifs is 1. The number of rotatable bonds is 5. The van der Waals surface area contributed by atoms with Gasteiger partial charge in [0.15, 0.2) is 11.7 Å². The Bertz CT molecular complexity index is 703. The third kappa shape index (κ3) is 2.73. The quantitative estimate of drug-likeness (QED) is 0.716. The smallest absolute Gasteiger partial charge is 0.194 e. The molecule has 1 N–H and O–H groups in total. The molecule has 102 valence electrons. The van der Waals surface area contributed by atoms with E-state index in [0.29, 0.717) is 0 Å². The Morgan fingerprint density at radius 3 is 2.80 bits per heavy atom. The van der Waals surface area contributed by atoms with Crippen LogP contribution >= 0.6 is 0 Å². The Labute approximate surface area is 118 Å². The van der Waals surface area contributed by atoms with E-state index < -0.39 is 0 Å². The summed E-state index contributed by atoms with van der Waals surface area (Å²) in [5, 5.41) is 5.59. The third-order valence-electron chi connectivity index (χ3n) is 3.40. The summed E-state index contributed by atoms with van der Waals surface area (Å²) in [6, 6.07) is 14.7. The first-order valence-corrected chi connectivity index (χ1v) is 6.95. The van der Waals surface area contributed by atoms with Gasteiger partial charge in [-0.2, -0.15) is 0 Å². The highest BCUT2D eigenvalue weighted by atomic mass is 16.4. The zero-order valence-electron chi connectivity index (χ0n) is 11.6. The zero-order chi connectivity index (χ0) is 13.8. The molecule has 1 heterocycles. The summed E-state index contributed by atoms with van der Waals surface area (Å²) < 4.78 is 5.83. The van der Waals surface area contributed by atoms with Gasteiger partial charge in [-0.15, -0.1) is 0 Å². The van der Waals surface area contributed by atoms with Gasteiger partial charge in [0, 0.05) is 12.0 Å². The van der Waals surface area contributed by atoms with Gasteiger partial charge in [0.25, 0.3) is 0 Å². The summed E-state index contributed by atoms with van der Waals surface area (Å²) in [4.78, 5) is 4.35. The van der Waals surface area contributed by atoms with E-state index in [1.54, 1.807) is 0 Å². The SMILES string of the molecule is CNCCCc1ncc(-c2ccc3ccccc3c2)o1. The summed E-state index contributed by atoms with van der Waals surface area (Å²) in [5.41, 5.74) is 1.08. The van der Waals surface area contributed by atoms with Crippen LogP contribution < -0.4 is 5.32 Å². The molecule has 20 heavy (non-hydrogen) atoms. The van der Waals surface area contributed by atoms with Crippen molar-refractivity contribution >= 4 is 10.8 Å². The predicted octanol–water partition coefficient (Wildman–Crippen LogP) is 3.65. The fourth-order valence-corrected chi connectivity index (χ4v) is 2.32. The standard InChI is InChI=1S/C17H18N2O/c1-18-10-4-7-17-19-12-16(20-17)15-9-8-13-5-2-3-6-14(13)11-15/h2-3,5-6,8-9,11-12,18H,4,7,10H2,1H3. The Hall–Kier alpha value is -2.13. The van der Waals surface area contributed by atoms with Gasteiger partial charge in [-0.3, -0.25) is 0 Å². The van der Waals surface area contributed by atoms with Gasteiger partial charge in [-0.25, -0.2) is 4.98 Å².